The number of aromatic nitrogens is 3. The Kier molecular flexibility index (Phi) is 8.98. The summed E-state index contributed by atoms with van der Waals surface area (Å²) in [5.74, 6) is 3.05. The topological polar surface area (TPSA) is 67.1 Å². The highest BCUT2D eigenvalue weighted by atomic mass is 127. The van der Waals surface area contributed by atoms with Crippen LogP contribution in [0.3, 0.4) is 0 Å². The number of rotatable bonds is 7. The van der Waals surface area contributed by atoms with Crippen LogP contribution >= 0.6 is 24.0 Å². The van der Waals surface area contributed by atoms with Gasteiger partial charge in [0.2, 0.25) is 0 Å². The van der Waals surface area contributed by atoms with Gasteiger partial charge in [-0.05, 0) is 25.7 Å². The Morgan fingerprint density at radius 1 is 1.28 bits per heavy atom. The average molecular weight is 460 g/mol. The van der Waals surface area contributed by atoms with E-state index in [1.165, 1.54) is 44.9 Å². The second-order valence-electron chi connectivity index (χ2n) is 7.15. The van der Waals surface area contributed by atoms with E-state index < -0.39 is 0 Å². The minimum absolute atomic E-state index is 0. The van der Waals surface area contributed by atoms with E-state index in [2.05, 4.69) is 27.6 Å². The van der Waals surface area contributed by atoms with E-state index in [0.717, 1.165) is 50.2 Å². The lowest BCUT2D eigenvalue weighted by molar-refractivity contribution is 0.392. The minimum atomic E-state index is 0. The summed E-state index contributed by atoms with van der Waals surface area (Å²) in [4.78, 5) is 9.05. The van der Waals surface area contributed by atoms with Crippen molar-refractivity contribution in [3.8, 4) is 0 Å². The molecule has 0 aromatic carbocycles. The summed E-state index contributed by atoms with van der Waals surface area (Å²) in [5.41, 5.74) is 0. The van der Waals surface area contributed by atoms with Crippen LogP contribution in [-0.2, 0) is 13.0 Å². The van der Waals surface area contributed by atoms with E-state index >= 15 is 0 Å². The van der Waals surface area contributed by atoms with Gasteiger partial charge in [0.25, 0.3) is 0 Å². The molecule has 25 heavy (non-hydrogen) atoms. The van der Waals surface area contributed by atoms with Gasteiger partial charge in [-0.2, -0.15) is 5.10 Å². The number of halogens is 1. The summed E-state index contributed by atoms with van der Waals surface area (Å²) in [5, 5.41) is 11.2. The van der Waals surface area contributed by atoms with E-state index in [9.17, 15) is 0 Å². The van der Waals surface area contributed by atoms with Gasteiger partial charge in [0.1, 0.15) is 12.2 Å². The van der Waals surface area contributed by atoms with Crippen molar-refractivity contribution in [3.63, 3.8) is 0 Å². The van der Waals surface area contributed by atoms with Crippen LogP contribution in [0.25, 0.3) is 0 Å². The molecular formula is C18H33IN6. The highest BCUT2D eigenvalue weighted by Gasteiger charge is 2.20. The Labute approximate surface area is 168 Å². The van der Waals surface area contributed by atoms with E-state index in [0.29, 0.717) is 6.04 Å². The first-order valence-electron chi connectivity index (χ1n) is 9.76. The summed E-state index contributed by atoms with van der Waals surface area (Å²) in [6.45, 7) is 4.81. The van der Waals surface area contributed by atoms with Gasteiger partial charge < -0.3 is 10.6 Å². The van der Waals surface area contributed by atoms with Crippen molar-refractivity contribution in [1.82, 2.24) is 25.4 Å². The Bertz CT molecular complexity index is 523. The number of hydrogen-bond acceptors (Lipinski definition) is 3. The number of nitrogens with one attached hydrogen (secondary N) is 2. The van der Waals surface area contributed by atoms with Crippen molar-refractivity contribution in [2.24, 2.45) is 10.9 Å². The standard InChI is InChI=1S/C18H32N6.HI/c1-2-19-18(20-12-6-5-9-15-7-3-4-8-15)23-16-10-11-17-21-14-22-24(17)13-16;/h14-16H,2-13H2,1H3,(H2,19,20,23);1H. The first-order valence-corrected chi connectivity index (χ1v) is 9.76. The molecule has 0 amide bonds. The molecule has 1 aromatic rings. The van der Waals surface area contributed by atoms with Crippen LogP contribution in [0, 0.1) is 5.92 Å². The maximum atomic E-state index is 4.76. The summed E-state index contributed by atoms with van der Waals surface area (Å²) in [7, 11) is 0. The summed E-state index contributed by atoms with van der Waals surface area (Å²) < 4.78 is 2.01. The predicted octanol–water partition coefficient (Wildman–Crippen LogP) is 3.13. The summed E-state index contributed by atoms with van der Waals surface area (Å²) >= 11 is 0. The maximum Gasteiger partial charge on any atom is 0.191 e. The molecule has 7 heteroatoms. The zero-order chi connectivity index (χ0) is 16.6. The molecule has 1 aliphatic heterocycles. The van der Waals surface area contributed by atoms with Crippen LogP contribution in [0.1, 0.15) is 64.1 Å². The zero-order valence-corrected chi connectivity index (χ0v) is 17.7. The molecule has 2 N–H and O–H groups in total. The van der Waals surface area contributed by atoms with E-state index in [4.69, 9.17) is 4.99 Å². The Morgan fingerprint density at radius 3 is 2.92 bits per heavy atom. The van der Waals surface area contributed by atoms with Crippen molar-refractivity contribution in [1.29, 1.82) is 0 Å². The molecule has 1 fully saturated rings. The fourth-order valence-corrected chi connectivity index (χ4v) is 3.90. The molecule has 1 aromatic heterocycles. The molecule has 0 bridgehead atoms. The van der Waals surface area contributed by atoms with Crippen LogP contribution in [-0.4, -0.2) is 39.9 Å². The number of fused-ring (bicyclic) bond motifs is 1. The quantitative estimate of drug-likeness (QED) is 0.284. The van der Waals surface area contributed by atoms with Gasteiger partial charge in [0.05, 0.1) is 6.54 Å². The minimum Gasteiger partial charge on any atom is -0.357 e. The van der Waals surface area contributed by atoms with Crippen molar-refractivity contribution in [2.75, 3.05) is 13.1 Å². The van der Waals surface area contributed by atoms with Gasteiger partial charge in [-0.1, -0.05) is 38.5 Å². The molecule has 1 saturated carbocycles. The number of guanidine groups is 1. The SMILES string of the molecule is CCNC(=NCCCCC1CCCC1)NC1CCc2ncnn2C1.I. The Morgan fingerprint density at radius 2 is 2.12 bits per heavy atom. The van der Waals surface area contributed by atoms with Crippen LogP contribution in [0.5, 0.6) is 0 Å². The second kappa shape index (κ2) is 11.0. The van der Waals surface area contributed by atoms with Crippen molar-refractivity contribution in [3.05, 3.63) is 12.2 Å². The molecule has 3 rings (SSSR count). The number of nitrogens with zero attached hydrogens (tertiary/aromatic N) is 4. The maximum absolute atomic E-state index is 4.76. The predicted molar refractivity (Wildman–Crippen MR) is 112 cm³/mol. The van der Waals surface area contributed by atoms with Gasteiger partial charge in [-0.15, -0.1) is 24.0 Å². The number of aryl methyl sites for hydroxylation is 1. The number of aliphatic imine (C=N–C) groups is 1. The monoisotopic (exact) mass is 460 g/mol. The highest BCUT2D eigenvalue weighted by Crippen LogP contribution is 2.28. The van der Waals surface area contributed by atoms with Gasteiger partial charge >= 0.3 is 0 Å². The third kappa shape index (κ3) is 6.42. The van der Waals surface area contributed by atoms with Crippen LogP contribution in [0.2, 0.25) is 0 Å². The zero-order valence-electron chi connectivity index (χ0n) is 15.4. The van der Waals surface area contributed by atoms with E-state index in [-0.39, 0.29) is 24.0 Å². The number of hydrogen-bond donors (Lipinski definition) is 2. The van der Waals surface area contributed by atoms with Gasteiger partial charge in [-0.25, -0.2) is 9.67 Å². The van der Waals surface area contributed by atoms with E-state index in [1.54, 1.807) is 6.33 Å². The summed E-state index contributed by atoms with van der Waals surface area (Å²) in [6, 6.07) is 0.385. The molecule has 0 radical (unpaired) electrons. The Balaban J connectivity index is 0.00000225. The molecule has 2 aliphatic rings. The average Bonchev–Trinajstić information content (AvgIpc) is 3.25. The molecule has 0 spiro atoms. The molecule has 2 heterocycles. The van der Waals surface area contributed by atoms with Gasteiger partial charge in [-0.3, -0.25) is 4.99 Å². The second-order valence-corrected chi connectivity index (χ2v) is 7.15. The van der Waals surface area contributed by atoms with Crippen molar-refractivity contribution >= 4 is 29.9 Å². The third-order valence-electron chi connectivity index (χ3n) is 5.26. The van der Waals surface area contributed by atoms with Crippen molar-refractivity contribution in [2.45, 2.75) is 77.3 Å². The molecular weight excluding hydrogens is 427 g/mol. The van der Waals surface area contributed by atoms with Gasteiger partial charge in [0, 0.05) is 25.6 Å². The smallest absolute Gasteiger partial charge is 0.191 e. The lowest BCUT2D eigenvalue weighted by Gasteiger charge is -2.25. The normalized spacial score (nSPS) is 20.8. The largest absolute Gasteiger partial charge is 0.357 e. The molecule has 1 aliphatic carbocycles. The molecule has 1 atom stereocenters. The molecule has 1 unspecified atom stereocenters. The fourth-order valence-electron chi connectivity index (χ4n) is 3.90. The third-order valence-corrected chi connectivity index (χ3v) is 5.26. The summed E-state index contributed by atoms with van der Waals surface area (Å²) in [6.07, 6.45) is 13.5. The molecule has 6 nitrogen and oxygen atoms in total. The number of unbranched alkanes of at least 4 members (excludes halogenated alkanes) is 1. The van der Waals surface area contributed by atoms with Crippen LogP contribution < -0.4 is 10.6 Å². The lowest BCUT2D eigenvalue weighted by atomic mass is 10.0. The van der Waals surface area contributed by atoms with Crippen molar-refractivity contribution < 1.29 is 0 Å². The van der Waals surface area contributed by atoms with Gasteiger partial charge in [0.15, 0.2) is 5.96 Å². The van der Waals surface area contributed by atoms with Crippen LogP contribution in [0.4, 0.5) is 0 Å². The molecule has 142 valence electrons. The lowest BCUT2D eigenvalue weighted by Crippen LogP contribution is -2.47. The first kappa shape index (κ1) is 20.5. The Hall–Kier alpha value is -0.860. The van der Waals surface area contributed by atoms with E-state index in [1.807, 2.05) is 4.68 Å². The highest BCUT2D eigenvalue weighted by molar-refractivity contribution is 14.0. The first-order chi connectivity index (χ1) is 11.8. The molecule has 0 saturated heterocycles. The fraction of sp³-hybridized carbons (Fsp3) is 0.833. The van der Waals surface area contributed by atoms with Crippen LogP contribution in [0.15, 0.2) is 11.3 Å².